The van der Waals surface area contributed by atoms with E-state index in [0.717, 1.165) is 29.5 Å². The zero-order valence-corrected chi connectivity index (χ0v) is 23.4. The van der Waals surface area contributed by atoms with E-state index in [-0.39, 0.29) is 58.4 Å². The van der Waals surface area contributed by atoms with Crippen molar-refractivity contribution in [2.24, 2.45) is 5.10 Å². The molecule has 0 aliphatic carbocycles. The number of likely N-dealkylation sites (tertiary alicyclic amines) is 1. The lowest BCUT2D eigenvalue weighted by atomic mass is 9.82. The number of ether oxygens (including phenoxy) is 1. The number of carbonyl (C=O) groups is 1. The molecule has 0 bridgehead atoms. The Morgan fingerprint density at radius 2 is 1.79 bits per heavy atom. The van der Waals surface area contributed by atoms with Gasteiger partial charge in [0.05, 0.1) is 40.5 Å². The lowest BCUT2D eigenvalue weighted by Crippen LogP contribution is -2.62. The third-order valence-electron chi connectivity index (χ3n) is 6.84. The second-order valence-electron chi connectivity index (χ2n) is 9.48. The molecular formula is C23H20Cl4F3N3O4S. The fourth-order valence-corrected chi connectivity index (χ4v) is 6.14. The van der Waals surface area contributed by atoms with Crippen LogP contribution in [0.5, 0.6) is 0 Å². The van der Waals surface area contributed by atoms with E-state index in [2.05, 4.69) is 10.5 Å². The van der Waals surface area contributed by atoms with Crippen LogP contribution in [0.15, 0.2) is 35.4 Å². The number of nitrogens with zero attached hydrogens (tertiary/aromatic N) is 2. The highest BCUT2D eigenvalue weighted by Gasteiger charge is 2.59. The number of sulfone groups is 1. The molecule has 0 aromatic heterocycles. The SMILES string of the molecule is CS(=O)(=O)CC(=O)N1CC2(C1)OCc1cc(C3=NNC(c4cc(Cl)c(Cl)c(Cl)c4)(C(F)(F)F)C3)ccc12.Cl. The number of amides is 1. The topological polar surface area (TPSA) is 88.1 Å². The van der Waals surface area contributed by atoms with Gasteiger partial charge in [-0.05, 0) is 40.5 Å². The number of benzene rings is 2. The molecule has 3 aliphatic heterocycles. The Morgan fingerprint density at radius 1 is 1.16 bits per heavy atom. The van der Waals surface area contributed by atoms with Gasteiger partial charge in [-0.2, -0.15) is 18.3 Å². The van der Waals surface area contributed by atoms with Gasteiger partial charge in [-0.1, -0.05) is 46.9 Å². The summed E-state index contributed by atoms with van der Waals surface area (Å²) in [7, 11) is -3.45. The van der Waals surface area contributed by atoms with Crippen LogP contribution in [0.1, 0.15) is 28.7 Å². The summed E-state index contributed by atoms with van der Waals surface area (Å²) in [6.45, 7) is 0.599. The molecule has 1 N–H and O–H groups in total. The highest BCUT2D eigenvalue weighted by molar-refractivity contribution is 7.91. The third kappa shape index (κ3) is 4.86. The van der Waals surface area contributed by atoms with Gasteiger partial charge < -0.3 is 9.64 Å². The zero-order valence-electron chi connectivity index (χ0n) is 19.5. The molecule has 2 aromatic carbocycles. The molecular weight excluding hydrogens is 613 g/mol. The number of fused-ring (bicyclic) bond motifs is 2. The lowest BCUT2D eigenvalue weighted by Gasteiger charge is -2.47. The van der Waals surface area contributed by atoms with Crippen molar-refractivity contribution in [3.8, 4) is 0 Å². The molecule has 2 aromatic rings. The predicted molar refractivity (Wildman–Crippen MR) is 140 cm³/mol. The van der Waals surface area contributed by atoms with Gasteiger partial charge in [0, 0.05) is 12.7 Å². The summed E-state index contributed by atoms with van der Waals surface area (Å²) in [6.07, 6.45) is -4.26. The van der Waals surface area contributed by atoms with Crippen LogP contribution >= 0.6 is 47.2 Å². The zero-order chi connectivity index (χ0) is 27.0. The molecule has 5 rings (SSSR count). The number of halogens is 7. The molecule has 1 fully saturated rings. The van der Waals surface area contributed by atoms with E-state index in [0.29, 0.717) is 5.56 Å². The van der Waals surface area contributed by atoms with E-state index in [4.69, 9.17) is 39.5 Å². The van der Waals surface area contributed by atoms with E-state index >= 15 is 0 Å². The molecule has 15 heteroatoms. The first-order valence-corrected chi connectivity index (χ1v) is 14.1. The predicted octanol–water partition coefficient (Wildman–Crippen LogP) is 4.84. The van der Waals surface area contributed by atoms with Crippen LogP contribution in [0.3, 0.4) is 0 Å². The van der Waals surface area contributed by atoms with Crippen LogP contribution in [0.2, 0.25) is 15.1 Å². The third-order valence-corrected chi connectivity index (χ3v) is 8.81. The van der Waals surface area contributed by atoms with Gasteiger partial charge in [0.1, 0.15) is 11.4 Å². The molecule has 1 atom stereocenters. The Morgan fingerprint density at radius 3 is 2.37 bits per heavy atom. The van der Waals surface area contributed by atoms with Crippen molar-refractivity contribution in [1.29, 1.82) is 0 Å². The average molecular weight is 633 g/mol. The van der Waals surface area contributed by atoms with Crippen LogP contribution in [0.25, 0.3) is 0 Å². The Balaban J connectivity index is 0.00000336. The van der Waals surface area contributed by atoms with Gasteiger partial charge >= 0.3 is 6.18 Å². The summed E-state index contributed by atoms with van der Waals surface area (Å²) in [4.78, 5) is 13.6. The average Bonchev–Trinajstić information content (AvgIpc) is 3.37. The molecule has 3 heterocycles. The van der Waals surface area contributed by atoms with E-state index in [1.807, 2.05) is 0 Å². The van der Waals surface area contributed by atoms with Crippen LogP contribution < -0.4 is 5.43 Å². The van der Waals surface area contributed by atoms with E-state index in [1.165, 1.54) is 4.90 Å². The van der Waals surface area contributed by atoms with Gasteiger partial charge in [-0.15, -0.1) is 12.4 Å². The highest BCUT2D eigenvalue weighted by Crippen LogP contribution is 2.48. The molecule has 0 saturated carbocycles. The van der Waals surface area contributed by atoms with Crippen molar-refractivity contribution in [2.45, 2.75) is 30.3 Å². The number of hydrogen-bond acceptors (Lipinski definition) is 6. The van der Waals surface area contributed by atoms with Crippen LogP contribution in [0.4, 0.5) is 13.2 Å². The fraction of sp³-hybridized carbons (Fsp3) is 0.391. The number of carbonyl (C=O) groups excluding carboxylic acids is 1. The van der Waals surface area contributed by atoms with E-state index in [9.17, 15) is 26.4 Å². The summed E-state index contributed by atoms with van der Waals surface area (Å²) >= 11 is 18.0. The first-order chi connectivity index (χ1) is 17.1. The minimum atomic E-state index is -4.74. The van der Waals surface area contributed by atoms with Crippen molar-refractivity contribution in [3.05, 3.63) is 67.7 Å². The molecule has 1 saturated heterocycles. The van der Waals surface area contributed by atoms with Crippen molar-refractivity contribution in [1.82, 2.24) is 10.3 Å². The second kappa shape index (κ2) is 9.71. The molecule has 206 valence electrons. The van der Waals surface area contributed by atoms with E-state index in [1.54, 1.807) is 18.2 Å². The Hall–Kier alpha value is -1.76. The summed E-state index contributed by atoms with van der Waals surface area (Å²) in [5.41, 5.74) is 0.980. The number of hydrogen-bond donors (Lipinski definition) is 1. The number of alkyl halides is 3. The molecule has 0 radical (unpaired) electrons. The largest absolute Gasteiger partial charge is 0.417 e. The molecule has 1 unspecified atom stereocenters. The van der Waals surface area contributed by atoms with Crippen molar-refractivity contribution < 1.29 is 31.1 Å². The van der Waals surface area contributed by atoms with Crippen molar-refractivity contribution in [3.63, 3.8) is 0 Å². The Kier molecular flexibility index (Phi) is 7.47. The van der Waals surface area contributed by atoms with Gasteiger partial charge in [-0.25, -0.2) is 8.42 Å². The van der Waals surface area contributed by atoms with E-state index < -0.39 is 45.2 Å². The molecule has 3 aliphatic rings. The number of rotatable bonds is 4. The summed E-state index contributed by atoms with van der Waals surface area (Å²) in [5.74, 6) is -1.08. The standard InChI is InChI=1S/C23H19Cl3F3N3O4S.ClH/c1-37(34,35)9-19(33)32-10-21(11-32)15-3-2-12(4-13(15)8-36-21)18-7-22(31-30-18,23(27,28)29)14-5-16(24)20(26)17(25)6-14;/h2-6,31H,7-11H2,1H3;1H. The normalized spacial score (nSPS) is 21.9. The van der Waals surface area contributed by atoms with Crippen molar-refractivity contribution >= 4 is 68.7 Å². The maximum atomic E-state index is 14.4. The van der Waals surface area contributed by atoms with Gasteiger partial charge in [0.25, 0.3) is 0 Å². The quantitative estimate of drug-likeness (QED) is 0.488. The highest BCUT2D eigenvalue weighted by atomic mass is 35.5. The first-order valence-electron chi connectivity index (χ1n) is 10.9. The maximum Gasteiger partial charge on any atom is 0.417 e. The second-order valence-corrected chi connectivity index (χ2v) is 12.8. The summed E-state index contributed by atoms with van der Waals surface area (Å²) in [5, 5.41) is 3.78. The summed E-state index contributed by atoms with van der Waals surface area (Å²) < 4.78 is 72.0. The number of hydrazone groups is 1. The van der Waals surface area contributed by atoms with Gasteiger partial charge in [0.15, 0.2) is 15.4 Å². The lowest BCUT2D eigenvalue weighted by molar-refractivity contribution is -0.196. The Labute approximate surface area is 237 Å². The van der Waals surface area contributed by atoms with Gasteiger partial charge in [0.2, 0.25) is 5.91 Å². The minimum absolute atomic E-state index is 0. The monoisotopic (exact) mass is 631 g/mol. The molecule has 1 spiro atoms. The van der Waals surface area contributed by atoms with Gasteiger partial charge in [-0.3, -0.25) is 10.2 Å². The number of nitrogens with one attached hydrogen (secondary N) is 1. The molecule has 38 heavy (non-hydrogen) atoms. The maximum absolute atomic E-state index is 14.4. The van der Waals surface area contributed by atoms with Crippen LogP contribution in [0, 0.1) is 0 Å². The fourth-order valence-electron chi connectivity index (χ4n) is 4.91. The van der Waals surface area contributed by atoms with Crippen LogP contribution in [-0.4, -0.2) is 56.2 Å². The Bertz CT molecular complexity index is 1440. The van der Waals surface area contributed by atoms with Crippen LogP contribution in [-0.2, 0) is 37.1 Å². The molecule has 1 amide bonds. The first kappa shape index (κ1) is 29.2. The summed E-state index contributed by atoms with van der Waals surface area (Å²) in [6, 6.07) is 7.39. The minimum Gasteiger partial charge on any atom is -0.362 e. The smallest absolute Gasteiger partial charge is 0.362 e. The molecule has 7 nitrogen and oxygen atoms in total. The van der Waals surface area contributed by atoms with Crippen molar-refractivity contribution in [2.75, 3.05) is 25.1 Å².